The average molecular weight is 268 g/mol. The zero-order valence-electron chi connectivity index (χ0n) is 10.3. The van der Waals surface area contributed by atoms with E-state index in [-0.39, 0.29) is 17.5 Å². The fourth-order valence-corrected chi connectivity index (χ4v) is 1.98. The molecule has 0 spiro atoms. The van der Waals surface area contributed by atoms with E-state index in [4.69, 9.17) is 4.74 Å². The van der Waals surface area contributed by atoms with Crippen molar-refractivity contribution >= 4 is 11.6 Å². The van der Waals surface area contributed by atoms with E-state index in [1.54, 1.807) is 4.90 Å². The van der Waals surface area contributed by atoms with E-state index in [1.807, 2.05) is 6.92 Å². The normalized spacial score (nSPS) is 19.3. The summed E-state index contributed by atoms with van der Waals surface area (Å²) in [5.74, 6) is -1.30. The van der Waals surface area contributed by atoms with Gasteiger partial charge in [-0.05, 0) is 19.1 Å². The van der Waals surface area contributed by atoms with Gasteiger partial charge in [0.1, 0.15) is 0 Å². The van der Waals surface area contributed by atoms with Crippen LogP contribution in [-0.4, -0.2) is 41.5 Å². The average Bonchev–Trinajstić information content (AvgIpc) is 2.38. The summed E-state index contributed by atoms with van der Waals surface area (Å²) < 4.78 is 18.4. The summed E-state index contributed by atoms with van der Waals surface area (Å²) >= 11 is 0. The Morgan fingerprint density at radius 2 is 2.32 bits per heavy atom. The molecule has 0 saturated carbocycles. The van der Waals surface area contributed by atoms with Crippen LogP contribution in [0, 0.1) is 15.9 Å². The largest absolute Gasteiger partial charge is 0.377 e. The molecule has 102 valence electrons. The van der Waals surface area contributed by atoms with Crippen molar-refractivity contribution < 1.29 is 18.8 Å². The van der Waals surface area contributed by atoms with Crippen LogP contribution in [0.1, 0.15) is 17.3 Å². The van der Waals surface area contributed by atoms with E-state index >= 15 is 0 Å². The molecule has 2 rings (SSSR count). The minimum absolute atomic E-state index is 0.106. The predicted octanol–water partition coefficient (Wildman–Crippen LogP) is 1.59. The van der Waals surface area contributed by atoms with E-state index in [0.717, 1.165) is 12.1 Å². The number of ether oxygens (including phenoxy) is 1. The molecule has 0 aliphatic carbocycles. The van der Waals surface area contributed by atoms with Gasteiger partial charge in [-0.25, -0.2) is 0 Å². The number of morpholine rings is 1. The lowest BCUT2D eigenvalue weighted by atomic mass is 10.1. The molecule has 1 unspecified atom stereocenters. The summed E-state index contributed by atoms with van der Waals surface area (Å²) in [7, 11) is 0. The number of rotatable bonds is 2. The molecule has 1 aliphatic rings. The number of nitrogens with zero attached hydrogens (tertiary/aromatic N) is 2. The first-order chi connectivity index (χ1) is 9.00. The van der Waals surface area contributed by atoms with Gasteiger partial charge in [0.15, 0.2) is 0 Å². The van der Waals surface area contributed by atoms with Gasteiger partial charge in [-0.3, -0.25) is 14.9 Å². The van der Waals surface area contributed by atoms with Crippen LogP contribution in [0.4, 0.5) is 10.1 Å². The molecular weight excluding hydrogens is 255 g/mol. The monoisotopic (exact) mass is 268 g/mol. The van der Waals surface area contributed by atoms with Gasteiger partial charge < -0.3 is 9.64 Å². The number of benzene rings is 1. The summed E-state index contributed by atoms with van der Waals surface area (Å²) in [4.78, 5) is 23.6. The van der Waals surface area contributed by atoms with Crippen molar-refractivity contribution in [3.05, 3.63) is 39.7 Å². The van der Waals surface area contributed by atoms with E-state index in [0.29, 0.717) is 19.8 Å². The van der Waals surface area contributed by atoms with Gasteiger partial charge in [0.2, 0.25) is 5.82 Å². The standard InChI is InChI=1S/C12H13FN2O4/c1-8-7-19-5-4-14(8)12(16)9-2-3-10(13)11(6-9)15(17)18/h2-3,6,8H,4-5,7H2,1H3. The fourth-order valence-electron chi connectivity index (χ4n) is 1.98. The van der Waals surface area contributed by atoms with Gasteiger partial charge in [-0.15, -0.1) is 0 Å². The van der Waals surface area contributed by atoms with E-state index in [2.05, 4.69) is 0 Å². The van der Waals surface area contributed by atoms with E-state index in [9.17, 15) is 19.3 Å². The molecule has 1 amide bonds. The molecule has 1 heterocycles. The lowest BCUT2D eigenvalue weighted by Gasteiger charge is -2.33. The quantitative estimate of drug-likeness (QED) is 0.603. The van der Waals surface area contributed by atoms with Crippen molar-refractivity contribution in [1.82, 2.24) is 4.90 Å². The second kappa shape index (κ2) is 5.31. The molecule has 0 N–H and O–H groups in total. The molecule has 1 aliphatic heterocycles. The Kier molecular flexibility index (Phi) is 3.75. The van der Waals surface area contributed by atoms with Crippen LogP contribution in [0.15, 0.2) is 18.2 Å². The molecule has 7 heteroatoms. The minimum Gasteiger partial charge on any atom is -0.377 e. The number of nitro groups is 1. The Morgan fingerprint density at radius 1 is 1.58 bits per heavy atom. The number of hydrogen-bond acceptors (Lipinski definition) is 4. The second-order valence-corrected chi connectivity index (χ2v) is 4.35. The Hall–Kier alpha value is -2.02. The molecule has 0 radical (unpaired) electrons. The lowest BCUT2D eigenvalue weighted by Crippen LogP contribution is -2.47. The van der Waals surface area contributed by atoms with Crippen molar-refractivity contribution in [2.24, 2.45) is 0 Å². The zero-order chi connectivity index (χ0) is 14.0. The Labute approximate surface area is 108 Å². The van der Waals surface area contributed by atoms with Gasteiger partial charge in [-0.1, -0.05) is 0 Å². The molecule has 0 bridgehead atoms. The first kappa shape index (κ1) is 13.4. The van der Waals surface area contributed by atoms with Gasteiger partial charge in [-0.2, -0.15) is 4.39 Å². The highest BCUT2D eigenvalue weighted by Crippen LogP contribution is 2.20. The highest BCUT2D eigenvalue weighted by Gasteiger charge is 2.26. The van der Waals surface area contributed by atoms with Crippen LogP contribution < -0.4 is 0 Å². The number of halogens is 1. The predicted molar refractivity (Wildman–Crippen MR) is 64.4 cm³/mol. The third-order valence-corrected chi connectivity index (χ3v) is 3.02. The Morgan fingerprint density at radius 3 is 2.95 bits per heavy atom. The molecule has 19 heavy (non-hydrogen) atoms. The van der Waals surface area contributed by atoms with E-state index < -0.39 is 16.4 Å². The highest BCUT2D eigenvalue weighted by molar-refractivity contribution is 5.95. The molecule has 1 fully saturated rings. The maximum Gasteiger partial charge on any atom is 0.305 e. The third-order valence-electron chi connectivity index (χ3n) is 3.02. The summed E-state index contributed by atoms with van der Waals surface area (Å²) in [6, 6.07) is 3.06. The third kappa shape index (κ3) is 2.70. The van der Waals surface area contributed by atoms with Gasteiger partial charge in [0, 0.05) is 18.2 Å². The first-order valence-corrected chi connectivity index (χ1v) is 5.83. The van der Waals surface area contributed by atoms with Crippen LogP contribution in [0.25, 0.3) is 0 Å². The maximum absolute atomic E-state index is 13.2. The molecule has 1 saturated heterocycles. The number of nitro benzene ring substituents is 1. The summed E-state index contributed by atoms with van der Waals surface area (Å²) in [6.07, 6.45) is 0. The maximum atomic E-state index is 13.2. The smallest absolute Gasteiger partial charge is 0.305 e. The number of carbonyl (C=O) groups excluding carboxylic acids is 1. The van der Waals surface area contributed by atoms with Crippen molar-refractivity contribution in [3.8, 4) is 0 Å². The van der Waals surface area contributed by atoms with E-state index in [1.165, 1.54) is 6.07 Å². The molecule has 0 aromatic heterocycles. The Balaban J connectivity index is 2.28. The van der Waals surface area contributed by atoms with Gasteiger partial charge in [0.25, 0.3) is 5.91 Å². The molecule has 6 nitrogen and oxygen atoms in total. The summed E-state index contributed by atoms with van der Waals surface area (Å²) in [5.41, 5.74) is -0.575. The van der Waals surface area contributed by atoms with Crippen LogP contribution in [0.3, 0.4) is 0 Å². The molecule has 1 aromatic carbocycles. The van der Waals surface area contributed by atoms with Gasteiger partial charge in [0.05, 0.1) is 24.2 Å². The minimum atomic E-state index is -0.948. The number of carbonyl (C=O) groups is 1. The van der Waals surface area contributed by atoms with Crippen LogP contribution in [0.2, 0.25) is 0 Å². The fraction of sp³-hybridized carbons (Fsp3) is 0.417. The van der Waals surface area contributed by atoms with Crippen LogP contribution in [0.5, 0.6) is 0 Å². The van der Waals surface area contributed by atoms with Crippen LogP contribution in [-0.2, 0) is 4.74 Å². The number of amides is 1. The number of hydrogen-bond donors (Lipinski definition) is 0. The molecular formula is C12H13FN2O4. The van der Waals surface area contributed by atoms with Crippen molar-refractivity contribution in [1.29, 1.82) is 0 Å². The SMILES string of the molecule is CC1COCCN1C(=O)c1ccc(F)c([N+](=O)[O-])c1. The van der Waals surface area contributed by atoms with Crippen molar-refractivity contribution in [2.75, 3.05) is 19.8 Å². The lowest BCUT2D eigenvalue weighted by molar-refractivity contribution is -0.387. The van der Waals surface area contributed by atoms with Crippen LogP contribution >= 0.6 is 0 Å². The topological polar surface area (TPSA) is 72.7 Å². The molecule has 1 atom stereocenters. The Bertz CT molecular complexity index is 520. The van der Waals surface area contributed by atoms with Gasteiger partial charge >= 0.3 is 5.69 Å². The zero-order valence-corrected chi connectivity index (χ0v) is 10.3. The van der Waals surface area contributed by atoms with Crippen molar-refractivity contribution in [3.63, 3.8) is 0 Å². The van der Waals surface area contributed by atoms with Crippen molar-refractivity contribution in [2.45, 2.75) is 13.0 Å². The summed E-state index contributed by atoms with van der Waals surface area (Å²) in [5, 5.41) is 10.7. The summed E-state index contributed by atoms with van der Waals surface area (Å²) in [6.45, 7) is 3.11. The molecule has 1 aromatic rings. The highest BCUT2D eigenvalue weighted by atomic mass is 19.1. The first-order valence-electron chi connectivity index (χ1n) is 5.83. The second-order valence-electron chi connectivity index (χ2n) is 4.35.